The monoisotopic (exact) mass is 295 g/mol. The first kappa shape index (κ1) is 14.5. The molecule has 2 aromatic carbocycles. The summed E-state index contributed by atoms with van der Waals surface area (Å²) in [6, 6.07) is 10.2. The fraction of sp³-hybridized carbons (Fsp3) is 0.200. The van der Waals surface area contributed by atoms with Crippen molar-refractivity contribution in [1.29, 1.82) is 0 Å². The summed E-state index contributed by atoms with van der Waals surface area (Å²) in [4.78, 5) is 0. The molecule has 0 atom stereocenters. The average molecular weight is 296 g/mol. The Morgan fingerprint density at radius 2 is 1.85 bits per heavy atom. The number of hydrogen-bond donors (Lipinski definition) is 1. The Morgan fingerprint density at radius 1 is 1.10 bits per heavy atom. The minimum absolute atomic E-state index is 0.224. The Morgan fingerprint density at radius 3 is 2.55 bits per heavy atom. The number of anilines is 1. The van der Waals surface area contributed by atoms with Gasteiger partial charge in [0, 0.05) is 17.1 Å². The third-order valence-corrected chi connectivity index (χ3v) is 3.13. The highest BCUT2D eigenvalue weighted by Gasteiger charge is 2.09. The zero-order valence-electron chi connectivity index (χ0n) is 11.2. The van der Waals surface area contributed by atoms with Crippen molar-refractivity contribution in [1.82, 2.24) is 0 Å². The van der Waals surface area contributed by atoms with Crippen LogP contribution in [0, 0.1) is 5.82 Å². The molecule has 0 aliphatic heterocycles. The van der Waals surface area contributed by atoms with Crippen molar-refractivity contribution >= 4 is 17.3 Å². The van der Waals surface area contributed by atoms with Crippen molar-refractivity contribution in [2.45, 2.75) is 6.54 Å². The second-order valence-electron chi connectivity index (χ2n) is 4.13. The van der Waals surface area contributed by atoms with Crippen LogP contribution >= 0.6 is 11.6 Å². The van der Waals surface area contributed by atoms with Crippen molar-refractivity contribution in [3.63, 3.8) is 0 Å². The fourth-order valence-electron chi connectivity index (χ4n) is 1.86. The van der Waals surface area contributed by atoms with E-state index in [1.807, 2.05) is 0 Å². The van der Waals surface area contributed by atoms with Gasteiger partial charge in [-0.25, -0.2) is 4.39 Å². The van der Waals surface area contributed by atoms with Gasteiger partial charge in [-0.1, -0.05) is 23.7 Å². The topological polar surface area (TPSA) is 30.5 Å². The summed E-state index contributed by atoms with van der Waals surface area (Å²) >= 11 is 5.94. The quantitative estimate of drug-likeness (QED) is 0.900. The lowest BCUT2D eigenvalue weighted by Gasteiger charge is -2.13. The highest BCUT2D eigenvalue weighted by Crippen LogP contribution is 2.29. The predicted molar refractivity (Wildman–Crippen MR) is 78.3 cm³/mol. The lowest BCUT2D eigenvalue weighted by Crippen LogP contribution is -2.04. The summed E-state index contributed by atoms with van der Waals surface area (Å²) in [5, 5.41) is 3.69. The third-order valence-electron chi connectivity index (χ3n) is 2.89. The number of benzene rings is 2. The van der Waals surface area contributed by atoms with Crippen molar-refractivity contribution in [2.75, 3.05) is 19.5 Å². The largest absolute Gasteiger partial charge is 0.495 e. The maximum absolute atomic E-state index is 14.0. The van der Waals surface area contributed by atoms with E-state index < -0.39 is 0 Å². The zero-order valence-corrected chi connectivity index (χ0v) is 12.0. The van der Waals surface area contributed by atoms with Crippen LogP contribution in [0.1, 0.15) is 5.56 Å². The first-order chi connectivity index (χ1) is 9.65. The highest BCUT2D eigenvalue weighted by molar-refractivity contribution is 6.30. The van der Waals surface area contributed by atoms with E-state index in [9.17, 15) is 4.39 Å². The molecule has 0 aliphatic rings. The Labute approximate surface area is 122 Å². The fourth-order valence-corrected chi connectivity index (χ4v) is 2.03. The van der Waals surface area contributed by atoms with E-state index in [1.165, 1.54) is 7.11 Å². The summed E-state index contributed by atoms with van der Waals surface area (Å²) < 4.78 is 24.2. The molecule has 0 spiro atoms. The van der Waals surface area contributed by atoms with E-state index in [0.29, 0.717) is 28.6 Å². The first-order valence-electron chi connectivity index (χ1n) is 6.04. The molecule has 1 N–H and O–H groups in total. The molecule has 0 aliphatic carbocycles. The Kier molecular flexibility index (Phi) is 4.69. The smallest absolute Gasteiger partial charge is 0.170 e. The van der Waals surface area contributed by atoms with Gasteiger partial charge in [-0.05, 0) is 24.3 Å². The van der Waals surface area contributed by atoms with Crippen molar-refractivity contribution in [2.24, 2.45) is 0 Å². The van der Waals surface area contributed by atoms with Crippen LogP contribution in [0.3, 0.4) is 0 Å². The van der Waals surface area contributed by atoms with Crippen LogP contribution in [0.15, 0.2) is 36.4 Å². The maximum atomic E-state index is 14.0. The maximum Gasteiger partial charge on any atom is 0.170 e. The van der Waals surface area contributed by atoms with E-state index in [2.05, 4.69) is 5.32 Å². The van der Waals surface area contributed by atoms with E-state index >= 15 is 0 Å². The van der Waals surface area contributed by atoms with Crippen LogP contribution in [-0.2, 0) is 6.54 Å². The summed E-state index contributed by atoms with van der Waals surface area (Å²) in [5.41, 5.74) is 1.22. The molecule has 20 heavy (non-hydrogen) atoms. The SMILES string of the molecule is COc1ccc(Cl)cc1NCc1cccc(OC)c1F. The lowest BCUT2D eigenvalue weighted by molar-refractivity contribution is 0.384. The van der Waals surface area contributed by atoms with E-state index in [4.69, 9.17) is 21.1 Å². The van der Waals surface area contributed by atoms with Gasteiger partial charge in [-0.15, -0.1) is 0 Å². The number of methoxy groups -OCH3 is 2. The minimum Gasteiger partial charge on any atom is -0.495 e. The molecule has 0 unspecified atom stereocenters. The molecule has 3 nitrogen and oxygen atoms in total. The number of ether oxygens (including phenoxy) is 2. The number of rotatable bonds is 5. The van der Waals surface area contributed by atoms with Gasteiger partial charge in [0.2, 0.25) is 0 Å². The van der Waals surface area contributed by atoms with Gasteiger partial charge in [0.05, 0.1) is 19.9 Å². The van der Waals surface area contributed by atoms with E-state index in [0.717, 1.165) is 0 Å². The molecule has 0 aromatic heterocycles. The second kappa shape index (κ2) is 6.48. The first-order valence-corrected chi connectivity index (χ1v) is 6.42. The highest BCUT2D eigenvalue weighted by atomic mass is 35.5. The molecule has 0 fully saturated rings. The molecule has 2 rings (SSSR count). The molecule has 0 saturated heterocycles. The van der Waals surface area contributed by atoms with Crippen molar-refractivity contribution in [3.8, 4) is 11.5 Å². The van der Waals surface area contributed by atoms with Crippen LogP contribution in [0.25, 0.3) is 0 Å². The molecule has 106 valence electrons. The van der Waals surface area contributed by atoms with Gasteiger partial charge in [0.25, 0.3) is 0 Å². The average Bonchev–Trinajstić information content (AvgIpc) is 2.46. The van der Waals surface area contributed by atoms with Gasteiger partial charge < -0.3 is 14.8 Å². The van der Waals surface area contributed by atoms with Gasteiger partial charge in [0.15, 0.2) is 11.6 Å². The third kappa shape index (κ3) is 3.14. The second-order valence-corrected chi connectivity index (χ2v) is 4.57. The standard InChI is InChI=1S/C15H15ClFNO2/c1-19-13-7-6-11(16)8-12(13)18-9-10-4-3-5-14(20-2)15(10)17/h3-8,18H,9H2,1-2H3. The molecule has 0 amide bonds. The van der Waals surface area contributed by atoms with E-state index in [1.54, 1.807) is 43.5 Å². The predicted octanol–water partition coefficient (Wildman–Crippen LogP) is 4.11. The Bertz CT molecular complexity index is 604. The van der Waals surface area contributed by atoms with E-state index in [-0.39, 0.29) is 11.6 Å². The molecule has 0 bridgehead atoms. The molecule has 2 aromatic rings. The van der Waals surface area contributed by atoms with Crippen LogP contribution in [0.4, 0.5) is 10.1 Å². The van der Waals surface area contributed by atoms with Crippen LogP contribution < -0.4 is 14.8 Å². The molecule has 0 heterocycles. The van der Waals surface area contributed by atoms with Gasteiger partial charge in [-0.3, -0.25) is 0 Å². The zero-order chi connectivity index (χ0) is 14.5. The Balaban J connectivity index is 2.19. The number of halogens is 2. The summed E-state index contributed by atoms with van der Waals surface area (Å²) in [6.45, 7) is 0.305. The summed E-state index contributed by atoms with van der Waals surface area (Å²) in [7, 11) is 3.01. The normalized spacial score (nSPS) is 10.2. The van der Waals surface area contributed by atoms with Crippen LogP contribution in [-0.4, -0.2) is 14.2 Å². The number of hydrogen-bond acceptors (Lipinski definition) is 3. The molecular weight excluding hydrogens is 281 g/mol. The minimum atomic E-state index is -0.372. The van der Waals surface area contributed by atoms with Gasteiger partial charge in [-0.2, -0.15) is 0 Å². The van der Waals surface area contributed by atoms with Crippen LogP contribution in [0.2, 0.25) is 5.02 Å². The molecule has 0 saturated carbocycles. The van der Waals surface area contributed by atoms with Crippen molar-refractivity contribution in [3.05, 3.63) is 52.8 Å². The summed E-state index contributed by atoms with van der Waals surface area (Å²) in [6.07, 6.45) is 0. The molecule has 5 heteroatoms. The Hall–Kier alpha value is -1.94. The lowest BCUT2D eigenvalue weighted by atomic mass is 10.2. The molecule has 0 radical (unpaired) electrons. The van der Waals surface area contributed by atoms with Crippen LogP contribution in [0.5, 0.6) is 11.5 Å². The summed E-state index contributed by atoms with van der Waals surface area (Å²) in [5.74, 6) is 0.503. The van der Waals surface area contributed by atoms with Gasteiger partial charge in [0.1, 0.15) is 5.75 Å². The van der Waals surface area contributed by atoms with Crippen molar-refractivity contribution < 1.29 is 13.9 Å². The van der Waals surface area contributed by atoms with Gasteiger partial charge >= 0.3 is 0 Å². The molecular formula is C15H15ClFNO2. The number of nitrogens with one attached hydrogen (secondary N) is 1.